The molecule has 5 heteroatoms. The van der Waals surface area contributed by atoms with Crippen LogP contribution in [0.2, 0.25) is 0 Å². The van der Waals surface area contributed by atoms with Gasteiger partial charge in [-0.05, 0) is 55.5 Å². The summed E-state index contributed by atoms with van der Waals surface area (Å²) < 4.78 is 0. The molecule has 2 N–H and O–H groups in total. The van der Waals surface area contributed by atoms with E-state index in [1.54, 1.807) is 24.3 Å². The maximum Gasteiger partial charge on any atom is 0.226 e. The van der Waals surface area contributed by atoms with Gasteiger partial charge in [0.2, 0.25) is 5.91 Å². The summed E-state index contributed by atoms with van der Waals surface area (Å²) in [4.78, 5) is 25.2. The second-order valence-electron chi connectivity index (χ2n) is 5.80. The average Bonchev–Trinajstić information content (AvgIpc) is 2.55. The fourth-order valence-corrected chi connectivity index (χ4v) is 2.21. The molecule has 0 fully saturated rings. The summed E-state index contributed by atoms with van der Waals surface area (Å²) in [6.07, 6.45) is 0.365. The molecule has 1 amide bonds. The van der Waals surface area contributed by atoms with Crippen LogP contribution < -0.4 is 15.5 Å². The quantitative estimate of drug-likeness (QED) is 0.766. The number of amides is 1. The Hall–Kier alpha value is -2.82. The van der Waals surface area contributed by atoms with Crippen LogP contribution in [0.3, 0.4) is 0 Å². The highest BCUT2D eigenvalue weighted by atomic mass is 16.1. The second kappa shape index (κ2) is 8.15. The van der Waals surface area contributed by atoms with Gasteiger partial charge in [-0.3, -0.25) is 9.59 Å². The van der Waals surface area contributed by atoms with Crippen LogP contribution in [0.1, 0.15) is 23.7 Å². The van der Waals surface area contributed by atoms with Gasteiger partial charge in [-0.15, -0.1) is 0 Å². The Kier molecular flexibility index (Phi) is 5.95. The molecule has 5 nitrogen and oxygen atoms in total. The fourth-order valence-electron chi connectivity index (χ4n) is 2.21. The average molecular weight is 325 g/mol. The van der Waals surface area contributed by atoms with Crippen molar-refractivity contribution >= 4 is 28.8 Å². The number of carbonyl (C=O) groups is 2. The summed E-state index contributed by atoms with van der Waals surface area (Å²) >= 11 is 0. The van der Waals surface area contributed by atoms with Crippen molar-refractivity contribution in [2.75, 3.05) is 36.2 Å². The van der Waals surface area contributed by atoms with Gasteiger partial charge in [-0.25, -0.2) is 0 Å². The standard InChI is InChI=1S/C19H23N3O2/c1-14(23)15-4-6-17(7-5-15)21-19(24)12-13-20-16-8-10-18(11-9-16)22(2)3/h4-11,20H,12-13H2,1-3H3,(H,21,24). The number of Topliss-reactive ketones (excluding diaryl/α,β-unsaturated/α-hetero) is 1. The van der Waals surface area contributed by atoms with Crippen LogP contribution in [0.5, 0.6) is 0 Å². The monoisotopic (exact) mass is 325 g/mol. The van der Waals surface area contributed by atoms with E-state index in [4.69, 9.17) is 0 Å². The van der Waals surface area contributed by atoms with E-state index >= 15 is 0 Å². The van der Waals surface area contributed by atoms with E-state index in [1.165, 1.54) is 6.92 Å². The molecule has 0 aliphatic heterocycles. The number of nitrogens with one attached hydrogen (secondary N) is 2. The van der Waals surface area contributed by atoms with Crippen LogP contribution in [0, 0.1) is 0 Å². The maximum atomic E-state index is 11.9. The normalized spacial score (nSPS) is 10.1. The molecular weight excluding hydrogens is 302 g/mol. The molecule has 0 atom stereocenters. The molecule has 2 aromatic rings. The summed E-state index contributed by atoms with van der Waals surface area (Å²) in [5, 5.41) is 6.05. The zero-order chi connectivity index (χ0) is 17.5. The van der Waals surface area contributed by atoms with Crippen molar-refractivity contribution in [2.45, 2.75) is 13.3 Å². The van der Waals surface area contributed by atoms with Gasteiger partial charge in [0.25, 0.3) is 0 Å². The SMILES string of the molecule is CC(=O)c1ccc(NC(=O)CCNc2ccc(N(C)C)cc2)cc1. The third kappa shape index (κ3) is 5.12. The van der Waals surface area contributed by atoms with Gasteiger partial charge >= 0.3 is 0 Å². The zero-order valence-electron chi connectivity index (χ0n) is 14.3. The van der Waals surface area contributed by atoms with Crippen LogP contribution in [0.15, 0.2) is 48.5 Å². The fraction of sp³-hybridized carbons (Fsp3) is 0.263. The molecule has 0 spiro atoms. The highest BCUT2D eigenvalue weighted by molar-refractivity contribution is 5.95. The summed E-state index contributed by atoms with van der Waals surface area (Å²) in [5.41, 5.74) is 3.45. The van der Waals surface area contributed by atoms with Gasteiger partial charge in [-0.1, -0.05) is 0 Å². The van der Waals surface area contributed by atoms with Crippen molar-refractivity contribution < 1.29 is 9.59 Å². The van der Waals surface area contributed by atoms with E-state index in [0.29, 0.717) is 24.2 Å². The largest absolute Gasteiger partial charge is 0.385 e. The minimum atomic E-state index is -0.0667. The number of hydrogen-bond donors (Lipinski definition) is 2. The molecule has 2 rings (SSSR count). The van der Waals surface area contributed by atoms with E-state index in [-0.39, 0.29) is 11.7 Å². The molecule has 0 radical (unpaired) electrons. The summed E-state index contributed by atoms with van der Waals surface area (Å²) in [6, 6.07) is 14.9. The van der Waals surface area contributed by atoms with E-state index < -0.39 is 0 Å². The Morgan fingerprint density at radius 1 is 0.917 bits per heavy atom. The van der Waals surface area contributed by atoms with Gasteiger partial charge in [0.05, 0.1) is 0 Å². The van der Waals surface area contributed by atoms with Crippen LogP contribution in [-0.4, -0.2) is 32.3 Å². The lowest BCUT2D eigenvalue weighted by Gasteiger charge is -2.13. The Morgan fingerprint density at radius 3 is 2.04 bits per heavy atom. The Labute approximate surface area is 142 Å². The smallest absolute Gasteiger partial charge is 0.226 e. The van der Waals surface area contributed by atoms with Crippen molar-refractivity contribution in [1.82, 2.24) is 0 Å². The second-order valence-corrected chi connectivity index (χ2v) is 5.80. The van der Waals surface area contributed by atoms with E-state index in [1.807, 2.05) is 43.3 Å². The number of anilines is 3. The molecule has 0 bridgehead atoms. The van der Waals surface area contributed by atoms with Gasteiger partial charge < -0.3 is 15.5 Å². The molecule has 2 aromatic carbocycles. The Morgan fingerprint density at radius 2 is 1.50 bits per heavy atom. The predicted octanol–water partition coefficient (Wildman–Crippen LogP) is 3.40. The van der Waals surface area contributed by atoms with Gasteiger partial charge in [0.15, 0.2) is 5.78 Å². The van der Waals surface area contributed by atoms with Gasteiger partial charge in [0.1, 0.15) is 0 Å². The molecule has 0 saturated heterocycles. The minimum absolute atomic E-state index is 0.0114. The first-order valence-electron chi connectivity index (χ1n) is 7.88. The molecule has 24 heavy (non-hydrogen) atoms. The minimum Gasteiger partial charge on any atom is -0.385 e. The number of rotatable bonds is 7. The molecule has 0 aliphatic carbocycles. The number of carbonyl (C=O) groups excluding carboxylic acids is 2. The van der Waals surface area contributed by atoms with Gasteiger partial charge in [0, 0.05) is 49.7 Å². The van der Waals surface area contributed by atoms with Crippen molar-refractivity contribution in [3.63, 3.8) is 0 Å². The Balaban J connectivity index is 1.77. The molecule has 0 aliphatic rings. The summed E-state index contributed by atoms with van der Waals surface area (Å²) in [5.74, 6) is -0.0552. The molecule has 0 saturated carbocycles. The number of benzene rings is 2. The number of nitrogens with zero attached hydrogens (tertiary/aromatic N) is 1. The zero-order valence-corrected chi connectivity index (χ0v) is 14.3. The van der Waals surface area contributed by atoms with Crippen molar-refractivity contribution in [3.8, 4) is 0 Å². The number of ketones is 1. The van der Waals surface area contributed by atoms with Crippen LogP contribution in [-0.2, 0) is 4.79 Å². The van der Waals surface area contributed by atoms with Crippen molar-refractivity contribution in [3.05, 3.63) is 54.1 Å². The maximum absolute atomic E-state index is 11.9. The van der Waals surface area contributed by atoms with Crippen LogP contribution in [0.4, 0.5) is 17.1 Å². The third-order valence-corrected chi connectivity index (χ3v) is 3.64. The lowest BCUT2D eigenvalue weighted by molar-refractivity contribution is -0.115. The van der Waals surface area contributed by atoms with Crippen LogP contribution in [0.25, 0.3) is 0 Å². The van der Waals surface area contributed by atoms with Crippen molar-refractivity contribution in [2.24, 2.45) is 0 Å². The first-order valence-corrected chi connectivity index (χ1v) is 7.88. The van der Waals surface area contributed by atoms with Crippen molar-refractivity contribution in [1.29, 1.82) is 0 Å². The van der Waals surface area contributed by atoms with E-state index in [0.717, 1.165) is 11.4 Å². The molecule has 126 valence electrons. The van der Waals surface area contributed by atoms with E-state index in [9.17, 15) is 9.59 Å². The lowest BCUT2D eigenvalue weighted by Crippen LogP contribution is -2.16. The summed E-state index contributed by atoms with van der Waals surface area (Å²) in [6.45, 7) is 2.07. The Bertz CT molecular complexity index is 692. The molecule has 0 heterocycles. The molecule has 0 unspecified atom stereocenters. The first kappa shape index (κ1) is 17.5. The number of hydrogen-bond acceptors (Lipinski definition) is 4. The van der Waals surface area contributed by atoms with Gasteiger partial charge in [-0.2, -0.15) is 0 Å². The summed E-state index contributed by atoms with van der Waals surface area (Å²) in [7, 11) is 3.99. The third-order valence-electron chi connectivity index (χ3n) is 3.64. The first-order chi connectivity index (χ1) is 11.5. The lowest BCUT2D eigenvalue weighted by atomic mass is 10.1. The molecule has 0 aromatic heterocycles. The highest BCUT2D eigenvalue weighted by Gasteiger charge is 2.04. The predicted molar refractivity (Wildman–Crippen MR) is 99.0 cm³/mol. The highest BCUT2D eigenvalue weighted by Crippen LogP contribution is 2.15. The van der Waals surface area contributed by atoms with E-state index in [2.05, 4.69) is 10.6 Å². The topological polar surface area (TPSA) is 61.4 Å². The van der Waals surface area contributed by atoms with Crippen LogP contribution >= 0.6 is 0 Å². The molecular formula is C19H23N3O2.